The molecular weight excluding hydrogens is 459 g/mol. The zero-order valence-corrected chi connectivity index (χ0v) is 21.7. The minimum atomic E-state index is -0.155. The van der Waals surface area contributed by atoms with Crippen LogP contribution in [0.3, 0.4) is 0 Å². The third kappa shape index (κ3) is 7.07. The highest BCUT2D eigenvalue weighted by atomic mass is 19.1. The average Bonchev–Trinajstić information content (AvgIpc) is 3.33. The van der Waals surface area contributed by atoms with Gasteiger partial charge < -0.3 is 10.2 Å². The molecule has 1 aliphatic heterocycles. The van der Waals surface area contributed by atoms with E-state index in [1.807, 2.05) is 42.5 Å². The Labute approximate surface area is 221 Å². The second kappa shape index (κ2) is 12.5. The molecule has 0 spiro atoms. The Kier molecular flexibility index (Phi) is 8.68. The second-order valence-electron chi connectivity index (χ2n) is 11.0. The van der Waals surface area contributed by atoms with Crippen LogP contribution < -0.4 is 5.32 Å². The van der Waals surface area contributed by atoms with Crippen molar-refractivity contribution in [3.8, 4) is 0 Å². The molecule has 1 saturated heterocycles. The van der Waals surface area contributed by atoms with E-state index in [0.717, 1.165) is 37.3 Å². The zero-order chi connectivity index (χ0) is 25.5. The van der Waals surface area contributed by atoms with Gasteiger partial charge in [-0.15, -0.1) is 0 Å². The van der Waals surface area contributed by atoms with Gasteiger partial charge in [-0.25, -0.2) is 4.39 Å². The lowest BCUT2D eigenvalue weighted by atomic mass is 9.87. The van der Waals surface area contributed by atoms with Crippen molar-refractivity contribution in [3.63, 3.8) is 0 Å². The molecule has 1 saturated carbocycles. The first-order chi connectivity index (χ1) is 18.1. The van der Waals surface area contributed by atoms with Crippen molar-refractivity contribution in [2.45, 2.75) is 56.9 Å². The van der Waals surface area contributed by atoms with Crippen molar-refractivity contribution < 1.29 is 9.18 Å². The van der Waals surface area contributed by atoms with E-state index in [9.17, 15) is 9.18 Å². The number of carbonyl (C=O) groups is 1. The van der Waals surface area contributed by atoms with Crippen molar-refractivity contribution in [2.24, 2.45) is 11.8 Å². The Balaban J connectivity index is 1.12. The molecule has 2 fully saturated rings. The van der Waals surface area contributed by atoms with Crippen LogP contribution >= 0.6 is 0 Å². The van der Waals surface area contributed by atoms with E-state index in [1.54, 1.807) is 12.1 Å². The highest BCUT2D eigenvalue weighted by Gasteiger charge is 2.37. The molecule has 5 rings (SSSR count). The quantitative estimate of drug-likeness (QED) is 0.350. The third-order valence-corrected chi connectivity index (χ3v) is 8.48. The zero-order valence-electron chi connectivity index (χ0n) is 21.7. The van der Waals surface area contributed by atoms with Gasteiger partial charge in [-0.3, -0.25) is 4.79 Å². The van der Waals surface area contributed by atoms with Crippen LogP contribution in [0.4, 0.5) is 4.39 Å². The highest BCUT2D eigenvalue weighted by molar-refractivity contribution is 5.94. The lowest BCUT2D eigenvalue weighted by Crippen LogP contribution is -2.38. The van der Waals surface area contributed by atoms with Gasteiger partial charge in [-0.05, 0) is 105 Å². The molecule has 3 aromatic carbocycles. The number of nitrogens with zero attached hydrogens (tertiary/aromatic N) is 1. The molecule has 3 aromatic rings. The molecular formula is C33H39FN2O. The number of halogens is 1. The molecule has 2 aliphatic rings. The summed E-state index contributed by atoms with van der Waals surface area (Å²) in [5.41, 5.74) is 3.38. The van der Waals surface area contributed by atoms with Gasteiger partial charge in [-0.1, -0.05) is 67.1 Å². The van der Waals surface area contributed by atoms with Crippen LogP contribution in [0, 0.1) is 17.7 Å². The van der Waals surface area contributed by atoms with Gasteiger partial charge in [0.05, 0.1) is 0 Å². The first kappa shape index (κ1) is 25.7. The van der Waals surface area contributed by atoms with Crippen LogP contribution in [0.5, 0.6) is 0 Å². The topological polar surface area (TPSA) is 32.3 Å². The fourth-order valence-corrected chi connectivity index (χ4v) is 6.45. The number of rotatable bonds is 9. The van der Waals surface area contributed by atoms with E-state index >= 15 is 0 Å². The summed E-state index contributed by atoms with van der Waals surface area (Å²) in [5, 5.41) is 3.33. The van der Waals surface area contributed by atoms with E-state index in [4.69, 9.17) is 0 Å². The molecule has 1 heterocycles. The number of hydrogen-bond acceptors (Lipinski definition) is 2. The van der Waals surface area contributed by atoms with E-state index in [2.05, 4.69) is 40.5 Å². The predicted octanol–water partition coefficient (Wildman–Crippen LogP) is 6.85. The third-order valence-electron chi connectivity index (χ3n) is 8.48. The Hall–Kier alpha value is -2.98. The van der Waals surface area contributed by atoms with E-state index in [1.165, 1.54) is 49.9 Å². The molecule has 194 valence electrons. The highest BCUT2D eigenvalue weighted by Crippen LogP contribution is 2.41. The molecule has 0 bridgehead atoms. The fourth-order valence-electron chi connectivity index (χ4n) is 6.45. The summed E-state index contributed by atoms with van der Waals surface area (Å²) in [6.07, 6.45) is 8.05. The van der Waals surface area contributed by atoms with Crippen molar-refractivity contribution in [2.75, 3.05) is 19.6 Å². The summed E-state index contributed by atoms with van der Waals surface area (Å²) in [6.45, 7) is 3.44. The average molecular weight is 499 g/mol. The molecule has 0 radical (unpaired) electrons. The maximum absolute atomic E-state index is 13.1. The number of piperidine rings is 1. The number of carbonyl (C=O) groups excluding carboxylic acids is 1. The molecule has 3 nitrogen and oxygen atoms in total. The Morgan fingerprint density at radius 3 is 2.24 bits per heavy atom. The number of aryl methyl sites for hydroxylation is 1. The fraction of sp³-hybridized carbons (Fsp3) is 0.424. The smallest absolute Gasteiger partial charge is 0.251 e. The molecule has 1 amide bonds. The summed E-state index contributed by atoms with van der Waals surface area (Å²) in [5.74, 6) is 1.72. The van der Waals surface area contributed by atoms with E-state index in [0.29, 0.717) is 11.8 Å². The second-order valence-corrected chi connectivity index (χ2v) is 11.0. The van der Waals surface area contributed by atoms with Crippen molar-refractivity contribution in [1.29, 1.82) is 0 Å². The molecule has 0 aromatic heterocycles. The standard InChI is InChI=1S/C33H39FN2O/c34-30-16-14-25(15-17-30)8-7-9-26-18-20-36(21-19-26)24-29-22-31(23-32(29)27-10-3-1-4-11-27)35-33(37)28-12-5-2-6-13-28/h1-6,10-17,26,29,31-32H,7-9,18-24H2,(H,35,37). The Bertz CT molecular complexity index is 1110. The van der Waals surface area contributed by atoms with E-state index < -0.39 is 0 Å². The molecule has 37 heavy (non-hydrogen) atoms. The van der Waals surface area contributed by atoms with E-state index in [-0.39, 0.29) is 17.8 Å². The van der Waals surface area contributed by atoms with Gasteiger partial charge in [0.25, 0.3) is 5.91 Å². The largest absolute Gasteiger partial charge is 0.349 e. The monoisotopic (exact) mass is 498 g/mol. The Morgan fingerprint density at radius 2 is 1.54 bits per heavy atom. The Morgan fingerprint density at radius 1 is 0.865 bits per heavy atom. The van der Waals surface area contributed by atoms with Crippen molar-refractivity contribution in [3.05, 3.63) is 107 Å². The molecule has 1 N–H and O–H groups in total. The van der Waals surface area contributed by atoms with Gasteiger partial charge in [0, 0.05) is 18.2 Å². The SMILES string of the molecule is O=C(NC1CC(CN2CCC(CCCc3ccc(F)cc3)CC2)C(c2ccccc2)C1)c1ccccc1. The maximum atomic E-state index is 13.1. The van der Waals surface area contributed by atoms with Crippen LogP contribution in [0.1, 0.15) is 65.9 Å². The molecule has 4 heteroatoms. The van der Waals surface area contributed by atoms with Crippen LogP contribution in [-0.2, 0) is 6.42 Å². The summed E-state index contributed by atoms with van der Waals surface area (Å²) in [7, 11) is 0. The van der Waals surface area contributed by atoms with Crippen LogP contribution in [-0.4, -0.2) is 36.5 Å². The number of benzene rings is 3. The number of nitrogens with one attached hydrogen (secondary N) is 1. The van der Waals surface area contributed by atoms with Gasteiger partial charge in [0.15, 0.2) is 0 Å². The van der Waals surface area contributed by atoms with Crippen LogP contribution in [0.2, 0.25) is 0 Å². The predicted molar refractivity (Wildman–Crippen MR) is 148 cm³/mol. The van der Waals surface area contributed by atoms with Gasteiger partial charge >= 0.3 is 0 Å². The van der Waals surface area contributed by atoms with Crippen LogP contribution in [0.25, 0.3) is 0 Å². The molecule has 1 aliphatic carbocycles. The summed E-state index contributed by atoms with van der Waals surface area (Å²) < 4.78 is 13.1. The summed E-state index contributed by atoms with van der Waals surface area (Å²) >= 11 is 0. The number of amides is 1. The van der Waals surface area contributed by atoms with Gasteiger partial charge in [-0.2, -0.15) is 0 Å². The van der Waals surface area contributed by atoms with Gasteiger partial charge in [0.1, 0.15) is 5.82 Å². The maximum Gasteiger partial charge on any atom is 0.251 e. The molecule has 3 unspecified atom stereocenters. The van der Waals surface area contributed by atoms with Crippen molar-refractivity contribution >= 4 is 5.91 Å². The number of likely N-dealkylation sites (tertiary alicyclic amines) is 1. The summed E-state index contributed by atoms with van der Waals surface area (Å²) in [6, 6.07) is 27.6. The number of hydrogen-bond donors (Lipinski definition) is 1. The van der Waals surface area contributed by atoms with Gasteiger partial charge in [0.2, 0.25) is 0 Å². The first-order valence-corrected chi connectivity index (χ1v) is 14.0. The lowest BCUT2D eigenvalue weighted by molar-refractivity contribution is 0.0936. The minimum absolute atomic E-state index is 0.0412. The van der Waals surface area contributed by atoms with Crippen LogP contribution in [0.15, 0.2) is 84.9 Å². The molecule has 3 atom stereocenters. The van der Waals surface area contributed by atoms with Crippen molar-refractivity contribution in [1.82, 2.24) is 10.2 Å². The minimum Gasteiger partial charge on any atom is -0.349 e. The summed E-state index contributed by atoms with van der Waals surface area (Å²) in [4.78, 5) is 15.5. The lowest BCUT2D eigenvalue weighted by Gasteiger charge is -2.35. The first-order valence-electron chi connectivity index (χ1n) is 14.0. The normalized spacial score (nSPS) is 22.7.